The van der Waals surface area contributed by atoms with Crippen LogP contribution in [0.15, 0.2) is 5.38 Å². The van der Waals surface area contributed by atoms with E-state index >= 15 is 0 Å². The average molecular weight is 195 g/mol. The molecular formula is C9H9NO2S. The van der Waals surface area contributed by atoms with Crippen molar-refractivity contribution in [2.75, 3.05) is 0 Å². The van der Waals surface area contributed by atoms with Crippen LogP contribution in [-0.2, 0) is 0 Å². The first-order valence-electron chi connectivity index (χ1n) is 3.80. The molecule has 0 aromatic carbocycles. The lowest BCUT2D eigenvalue weighted by Crippen LogP contribution is -1.95. The van der Waals surface area contributed by atoms with E-state index in [2.05, 4.69) is 16.8 Å². The molecule has 0 aliphatic rings. The van der Waals surface area contributed by atoms with Crippen molar-refractivity contribution < 1.29 is 9.90 Å². The second kappa shape index (κ2) is 4.75. The number of aromatic nitrogens is 1. The molecule has 0 spiro atoms. The molecule has 1 N–H and O–H groups in total. The minimum Gasteiger partial charge on any atom is -0.392 e. The predicted molar refractivity (Wildman–Crippen MR) is 50.7 cm³/mol. The number of aldehydes is 1. The Kier molecular flexibility index (Phi) is 3.62. The van der Waals surface area contributed by atoms with Crippen molar-refractivity contribution in [2.45, 2.75) is 19.4 Å². The van der Waals surface area contributed by atoms with Crippen LogP contribution >= 0.6 is 11.3 Å². The zero-order valence-electron chi connectivity index (χ0n) is 7.15. The van der Waals surface area contributed by atoms with Gasteiger partial charge in [0, 0.05) is 11.8 Å². The van der Waals surface area contributed by atoms with Gasteiger partial charge in [-0.3, -0.25) is 4.79 Å². The van der Waals surface area contributed by atoms with Crippen molar-refractivity contribution in [1.82, 2.24) is 4.98 Å². The van der Waals surface area contributed by atoms with Gasteiger partial charge >= 0.3 is 0 Å². The number of rotatable bonds is 2. The van der Waals surface area contributed by atoms with Gasteiger partial charge in [-0.1, -0.05) is 5.92 Å². The maximum Gasteiger partial charge on any atom is 0.169 e. The van der Waals surface area contributed by atoms with Gasteiger partial charge in [-0.2, -0.15) is 0 Å². The van der Waals surface area contributed by atoms with Crippen molar-refractivity contribution in [3.8, 4) is 11.8 Å². The molecule has 3 nitrogen and oxygen atoms in total. The van der Waals surface area contributed by atoms with Crippen molar-refractivity contribution in [3.05, 3.63) is 16.1 Å². The van der Waals surface area contributed by atoms with Gasteiger partial charge in [-0.05, 0) is 12.8 Å². The first-order chi connectivity index (χ1) is 6.22. The normalized spacial score (nSPS) is 11.5. The molecule has 0 aliphatic heterocycles. The number of hydrogen-bond donors (Lipinski definition) is 1. The van der Waals surface area contributed by atoms with E-state index in [0.717, 1.165) is 0 Å². The molecule has 68 valence electrons. The number of carbonyl (C=O) groups is 1. The SMILES string of the molecule is CC(O)CC#Cc1nc(C=O)cs1. The Morgan fingerprint density at radius 3 is 3.15 bits per heavy atom. The van der Waals surface area contributed by atoms with E-state index in [9.17, 15) is 4.79 Å². The highest BCUT2D eigenvalue weighted by molar-refractivity contribution is 7.10. The smallest absolute Gasteiger partial charge is 0.169 e. The molecule has 0 saturated carbocycles. The van der Waals surface area contributed by atoms with E-state index in [1.165, 1.54) is 11.3 Å². The van der Waals surface area contributed by atoms with Crippen molar-refractivity contribution in [3.63, 3.8) is 0 Å². The van der Waals surface area contributed by atoms with Crippen LogP contribution < -0.4 is 0 Å². The van der Waals surface area contributed by atoms with Crippen molar-refractivity contribution in [2.24, 2.45) is 0 Å². The van der Waals surface area contributed by atoms with E-state index in [4.69, 9.17) is 5.11 Å². The predicted octanol–water partition coefficient (Wildman–Crippen LogP) is 1.08. The molecule has 1 rings (SSSR count). The van der Waals surface area contributed by atoms with E-state index in [1.807, 2.05) is 0 Å². The number of nitrogens with zero attached hydrogens (tertiary/aromatic N) is 1. The third-order valence-electron chi connectivity index (χ3n) is 1.24. The molecule has 0 bridgehead atoms. The summed E-state index contributed by atoms with van der Waals surface area (Å²) in [6, 6.07) is 0. The van der Waals surface area contributed by atoms with E-state index in [1.54, 1.807) is 12.3 Å². The molecule has 0 saturated heterocycles. The largest absolute Gasteiger partial charge is 0.392 e. The summed E-state index contributed by atoms with van der Waals surface area (Å²) in [4.78, 5) is 14.2. The fraction of sp³-hybridized carbons (Fsp3) is 0.333. The van der Waals surface area contributed by atoms with Gasteiger partial charge in [0.15, 0.2) is 11.3 Å². The molecule has 1 atom stereocenters. The molecule has 13 heavy (non-hydrogen) atoms. The number of thiazole rings is 1. The van der Waals surface area contributed by atoms with Crippen LogP contribution in [0.5, 0.6) is 0 Å². The summed E-state index contributed by atoms with van der Waals surface area (Å²) in [5, 5.41) is 11.2. The Morgan fingerprint density at radius 1 is 1.85 bits per heavy atom. The quantitative estimate of drug-likeness (QED) is 0.567. The van der Waals surface area contributed by atoms with Crippen LogP contribution in [-0.4, -0.2) is 22.5 Å². The van der Waals surface area contributed by atoms with Gasteiger partial charge < -0.3 is 5.11 Å². The lowest BCUT2D eigenvalue weighted by molar-refractivity contribution is 0.111. The molecular weight excluding hydrogens is 186 g/mol. The molecule has 1 aromatic heterocycles. The summed E-state index contributed by atoms with van der Waals surface area (Å²) in [5.41, 5.74) is 0.409. The standard InChI is InChI=1S/C9H9NO2S/c1-7(12)3-2-4-9-10-8(5-11)6-13-9/h5-7,12H,3H2,1H3. The summed E-state index contributed by atoms with van der Waals surface area (Å²) in [5.74, 6) is 5.54. The highest BCUT2D eigenvalue weighted by atomic mass is 32.1. The number of aliphatic hydroxyl groups excluding tert-OH is 1. The first-order valence-corrected chi connectivity index (χ1v) is 4.68. The summed E-state index contributed by atoms with van der Waals surface area (Å²) < 4.78 is 0. The van der Waals surface area contributed by atoms with Crippen LogP contribution in [0.25, 0.3) is 0 Å². The second-order valence-corrected chi connectivity index (χ2v) is 3.41. The molecule has 4 heteroatoms. The third-order valence-corrected chi connectivity index (χ3v) is 2.01. The first kappa shape index (κ1) is 9.90. The zero-order chi connectivity index (χ0) is 9.68. The second-order valence-electron chi connectivity index (χ2n) is 2.55. The minimum absolute atomic E-state index is 0.409. The van der Waals surface area contributed by atoms with Gasteiger partial charge in [-0.25, -0.2) is 4.98 Å². The maximum atomic E-state index is 10.3. The van der Waals surface area contributed by atoms with Crippen molar-refractivity contribution in [1.29, 1.82) is 0 Å². The van der Waals surface area contributed by atoms with Gasteiger partial charge in [0.25, 0.3) is 0 Å². The van der Waals surface area contributed by atoms with Crippen LogP contribution in [0.4, 0.5) is 0 Å². The summed E-state index contributed by atoms with van der Waals surface area (Å²) in [6.07, 6.45) is 0.699. The Labute approximate surface area is 80.4 Å². The highest BCUT2D eigenvalue weighted by Crippen LogP contribution is 2.05. The maximum absolute atomic E-state index is 10.3. The summed E-state index contributed by atoms with van der Waals surface area (Å²) >= 11 is 1.33. The molecule has 1 unspecified atom stereocenters. The van der Waals surface area contributed by atoms with Crippen LogP contribution in [0.3, 0.4) is 0 Å². The van der Waals surface area contributed by atoms with Crippen LogP contribution in [0.2, 0.25) is 0 Å². The number of hydrogen-bond acceptors (Lipinski definition) is 4. The molecule has 0 fully saturated rings. The molecule has 1 heterocycles. The molecule has 1 aromatic rings. The Bertz CT molecular complexity index is 346. The third kappa shape index (κ3) is 3.36. The van der Waals surface area contributed by atoms with Gasteiger partial charge in [-0.15, -0.1) is 11.3 Å². The average Bonchev–Trinajstić information content (AvgIpc) is 2.52. The fourth-order valence-corrected chi connectivity index (χ4v) is 1.30. The Morgan fingerprint density at radius 2 is 2.62 bits per heavy atom. The molecule has 0 amide bonds. The lowest BCUT2D eigenvalue weighted by atomic mass is 10.3. The molecule has 0 radical (unpaired) electrons. The monoisotopic (exact) mass is 195 g/mol. The lowest BCUT2D eigenvalue weighted by Gasteiger charge is -1.91. The van der Waals surface area contributed by atoms with Crippen LogP contribution in [0, 0.1) is 11.8 Å². The fourth-order valence-electron chi connectivity index (χ4n) is 0.672. The van der Waals surface area contributed by atoms with Gasteiger partial charge in [0.1, 0.15) is 5.69 Å². The van der Waals surface area contributed by atoms with E-state index < -0.39 is 6.10 Å². The Hall–Kier alpha value is -1.18. The zero-order valence-corrected chi connectivity index (χ0v) is 7.97. The topological polar surface area (TPSA) is 50.2 Å². The summed E-state index contributed by atoms with van der Waals surface area (Å²) in [6.45, 7) is 1.67. The number of carbonyl (C=O) groups excluding carboxylic acids is 1. The van der Waals surface area contributed by atoms with E-state index in [-0.39, 0.29) is 0 Å². The molecule has 0 aliphatic carbocycles. The van der Waals surface area contributed by atoms with E-state index in [0.29, 0.717) is 23.4 Å². The summed E-state index contributed by atoms with van der Waals surface area (Å²) in [7, 11) is 0. The van der Waals surface area contributed by atoms with Gasteiger partial charge in [0.05, 0.1) is 6.10 Å². The van der Waals surface area contributed by atoms with Crippen molar-refractivity contribution >= 4 is 17.6 Å². The Balaban J connectivity index is 2.61. The highest BCUT2D eigenvalue weighted by Gasteiger charge is 1.96. The number of aliphatic hydroxyl groups is 1. The van der Waals surface area contributed by atoms with Gasteiger partial charge in [0.2, 0.25) is 0 Å². The minimum atomic E-state index is -0.419. The van der Waals surface area contributed by atoms with Crippen LogP contribution in [0.1, 0.15) is 28.8 Å².